The van der Waals surface area contributed by atoms with Gasteiger partial charge in [-0.2, -0.15) is 5.26 Å². The molecule has 0 saturated carbocycles. The Labute approximate surface area is 141 Å². The second-order valence-corrected chi connectivity index (χ2v) is 7.18. The maximum atomic E-state index is 12.1. The van der Waals surface area contributed by atoms with E-state index >= 15 is 0 Å². The second kappa shape index (κ2) is 6.44. The molecule has 0 atom stereocenters. The molecule has 0 saturated heterocycles. The lowest BCUT2D eigenvalue weighted by Gasteiger charge is -2.02. The molecule has 0 spiro atoms. The van der Waals surface area contributed by atoms with Crippen LogP contribution in [0.2, 0.25) is 0 Å². The van der Waals surface area contributed by atoms with Crippen molar-refractivity contribution in [3.63, 3.8) is 0 Å². The topological polar surface area (TPSA) is 81.6 Å². The van der Waals surface area contributed by atoms with Crippen molar-refractivity contribution in [3.05, 3.63) is 40.3 Å². The summed E-state index contributed by atoms with van der Waals surface area (Å²) in [5.74, 6) is 0.0916. The summed E-state index contributed by atoms with van der Waals surface area (Å²) in [5, 5.41) is 13.4. The third-order valence-corrected chi connectivity index (χ3v) is 5.45. The molecule has 5 nitrogen and oxygen atoms in total. The number of amides is 1. The first-order valence-electron chi connectivity index (χ1n) is 6.96. The molecule has 0 unspecified atom stereocenters. The van der Waals surface area contributed by atoms with Crippen LogP contribution in [0.5, 0.6) is 0 Å². The molecule has 1 aromatic carbocycles. The molecule has 116 valence electrons. The van der Waals surface area contributed by atoms with Crippen molar-refractivity contribution in [2.45, 2.75) is 19.0 Å². The van der Waals surface area contributed by atoms with Gasteiger partial charge in [-0.1, -0.05) is 23.9 Å². The number of aryl methyl sites for hydroxylation is 1. The average molecular weight is 342 g/mol. The summed E-state index contributed by atoms with van der Waals surface area (Å²) in [4.78, 5) is 20.8. The maximum absolute atomic E-state index is 12.1. The summed E-state index contributed by atoms with van der Waals surface area (Å²) < 4.78 is 0. The first-order chi connectivity index (χ1) is 11.1. The van der Waals surface area contributed by atoms with E-state index in [2.05, 4.69) is 21.4 Å². The number of para-hydroxylation sites is 2. The van der Waals surface area contributed by atoms with Crippen molar-refractivity contribution in [1.29, 1.82) is 5.26 Å². The number of anilines is 1. The second-order valence-electron chi connectivity index (χ2n) is 5.00. The molecular formula is C16H14N4OS2. The number of nitrogens with one attached hydrogen (secondary N) is 2. The van der Waals surface area contributed by atoms with Crippen LogP contribution in [0.25, 0.3) is 11.0 Å². The molecule has 1 amide bonds. The number of aromatic amines is 1. The fourth-order valence-corrected chi connectivity index (χ4v) is 3.86. The number of imidazole rings is 1. The molecule has 0 radical (unpaired) electrons. The number of nitriles is 1. The molecule has 0 aliphatic heterocycles. The van der Waals surface area contributed by atoms with Gasteiger partial charge in [-0.25, -0.2) is 4.98 Å². The summed E-state index contributed by atoms with van der Waals surface area (Å²) >= 11 is 2.77. The number of thioether (sulfide) groups is 1. The van der Waals surface area contributed by atoms with Crippen LogP contribution in [-0.4, -0.2) is 21.6 Å². The summed E-state index contributed by atoms with van der Waals surface area (Å²) in [6.07, 6.45) is 0. The van der Waals surface area contributed by atoms with E-state index in [0.717, 1.165) is 21.5 Å². The van der Waals surface area contributed by atoms with Crippen molar-refractivity contribution in [3.8, 4) is 6.07 Å². The van der Waals surface area contributed by atoms with Crippen LogP contribution in [0.15, 0.2) is 29.4 Å². The highest BCUT2D eigenvalue weighted by Crippen LogP contribution is 2.31. The minimum absolute atomic E-state index is 0.145. The van der Waals surface area contributed by atoms with Crippen molar-refractivity contribution in [1.82, 2.24) is 9.97 Å². The molecule has 23 heavy (non-hydrogen) atoms. The van der Waals surface area contributed by atoms with Gasteiger partial charge in [0.15, 0.2) is 5.16 Å². The largest absolute Gasteiger partial charge is 0.333 e. The molecule has 0 fully saturated rings. The van der Waals surface area contributed by atoms with Gasteiger partial charge in [0, 0.05) is 4.88 Å². The predicted octanol–water partition coefficient (Wildman–Crippen LogP) is 3.84. The molecule has 0 aliphatic carbocycles. The number of fused-ring (bicyclic) bond motifs is 1. The standard InChI is InChI=1S/C16H14N4OS2/c1-9-10(2)23-15(11(9)7-17)20-14(21)8-22-16-18-12-5-3-4-6-13(12)19-16/h3-6H,8H2,1-2H3,(H,18,19)(H,20,21). The Morgan fingerprint density at radius 2 is 2.22 bits per heavy atom. The van der Waals surface area contributed by atoms with Crippen LogP contribution in [0.4, 0.5) is 5.00 Å². The summed E-state index contributed by atoms with van der Waals surface area (Å²) in [7, 11) is 0. The quantitative estimate of drug-likeness (QED) is 0.706. The number of aromatic nitrogens is 2. The third kappa shape index (κ3) is 3.23. The zero-order valence-electron chi connectivity index (χ0n) is 12.6. The predicted molar refractivity (Wildman–Crippen MR) is 94.0 cm³/mol. The molecule has 3 aromatic rings. The van der Waals surface area contributed by atoms with Gasteiger partial charge in [-0.05, 0) is 31.5 Å². The number of hydrogen-bond acceptors (Lipinski definition) is 5. The van der Waals surface area contributed by atoms with Crippen LogP contribution in [0.3, 0.4) is 0 Å². The van der Waals surface area contributed by atoms with E-state index in [4.69, 9.17) is 0 Å². The number of thiophene rings is 1. The van der Waals surface area contributed by atoms with Gasteiger partial charge < -0.3 is 10.3 Å². The Hall–Kier alpha value is -2.30. The van der Waals surface area contributed by atoms with E-state index in [1.54, 1.807) is 0 Å². The minimum Gasteiger partial charge on any atom is -0.333 e. The van der Waals surface area contributed by atoms with Crippen LogP contribution < -0.4 is 5.32 Å². The Morgan fingerprint density at radius 3 is 2.96 bits per heavy atom. The lowest BCUT2D eigenvalue weighted by Crippen LogP contribution is -2.14. The number of carbonyl (C=O) groups excluding carboxylic acids is 1. The molecule has 3 rings (SSSR count). The van der Waals surface area contributed by atoms with Gasteiger partial charge in [-0.15, -0.1) is 11.3 Å². The summed E-state index contributed by atoms with van der Waals surface area (Å²) in [6.45, 7) is 3.84. The molecule has 2 heterocycles. The van der Waals surface area contributed by atoms with E-state index in [1.165, 1.54) is 23.1 Å². The highest BCUT2D eigenvalue weighted by Gasteiger charge is 2.15. The highest BCUT2D eigenvalue weighted by atomic mass is 32.2. The molecule has 0 aliphatic rings. The zero-order valence-corrected chi connectivity index (χ0v) is 14.3. The Morgan fingerprint density at radius 1 is 1.43 bits per heavy atom. The fourth-order valence-electron chi connectivity index (χ4n) is 2.14. The Bertz CT molecular complexity index is 887. The van der Waals surface area contributed by atoms with E-state index in [9.17, 15) is 10.1 Å². The van der Waals surface area contributed by atoms with Crippen LogP contribution in [0.1, 0.15) is 16.0 Å². The van der Waals surface area contributed by atoms with E-state index in [-0.39, 0.29) is 11.7 Å². The first-order valence-corrected chi connectivity index (χ1v) is 8.76. The van der Waals surface area contributed by atoms with Gasteiger partial charge in [0.25, 0.3) is 0 Å². The normalized spacial score (nSPS) is 10.7. The maximum Gasteiger partial charge on any atom is 0.235 e. The van der Waals surface area contributed by atoms with Crippen molar-refractivity contribution in [2.75, 3.05) is 11.1 Å². The number of hydrogen-bond donors (Lipinski definition) is 2. The lowest BCUT2D eigenvalue weighted by molar-refractivity contribution is -0.113. The highest BCUT2D eigenvalue weighted by molar-refractivity contribution is 7.99. The van der Waals surface area contributed by atoms with Crippen LogP contribution in [0, 0.1) is 25.2 Å². The first kappa shape index (κ1) is 15.6. The number of nitrogens with zero attached hydrogens (tertiary/aromatic N) is 2. The Balaban J connectivity index is 1.66. The van der Waals surface area contributed by atoms with Gasteiger partial charge in [0.2, 0.25) is 5.91 Å². The van der Waals surface area contributed by atoms with Gasteiger partial charge in [0.1, 0.15) is 11.1 Å². The number of carbonyl (C=O) groups is 1. The van der Waals surface area contributed by atoms with E-state index in [1.807, 2.05) is 38.1 Å². The monoisotopic (exact) mass is 342 g/mol. The molecule has 2 aromatic heterocycles. The number of benzene rings is 1. The zero-order chi connectivity index (χ0) is 16.4. The molecule has 2 N–H and O–H groups in total. The average Bonchev–Trinajstić information content (AvgIpc) is 3.06. The fraction of sp³-hybridized carbons (Fsp3) is 0.188. The van der Waals surface area contributed by atoms with Gasteiger partial charge in [-0.3, -0.25) is 4.79 Å². The van der Waals surface area contributed by atoms with Crippen LogP contribution in [-0.2, 0) is 4.79 Å². The third-order valence-electron chi connectivity index (χ3n) is 3.46. The smallest absolute Gasteiger partial charge is 0.235 e. The van der Waals surface area contributed by atoms with Gasteiger partial charge in [0.05, 0.1) is 22.3 Å². The number of rotatable bonds is 4. The lowest BCUT2D eigenvalue weighted by atomic mass is 10.2. The van der Waals surface area contributed by atoms with Crippen LogP contribution >= 0.6 is 23.1 Å². The SMILES string of the molecule is Cc1sc(NC(=O)CSc2nc3ccccc3[nH]2)c(C#N)c1C. The van der Waals surface area contributed by atoms with Crippen molar-refractivity contribution >= 4 is 45.0 Å². The van der Waals surface area contributed by atoms with E-state index < -0.39 is 0 Å². The van der Waals surface area contributed by atoms with E-state index in [0.29, 0.717) is 15.7 Å². The summed E-state index contributed by atoms with van der Waals surface area (Å²) in [6, 6.07) is 9.89. The summed E-state index contributed by atoms with van der Waals surface area (Å²) in [5.41, 5.74) is 3.31. The van der Waals surface area contributed by atoms with Gasteiger partial charge >= 0.3 is 0 Å². The Kier molecular flexibility index (Phi) is 4.37. The molecular weight excluding hydrogens is 328 g/mol. The minimum atomic E-state index is -0.145. The number of H-pyrrole nitrogens is 1. The van der Waals surface area contributed by atoms with Crippen molar-refractivity contribution in [2.24, 2.45) is 0 Å². The van der Waals surface area contributed by atoms with Crippen molar-refractivity contribution < 1.29 is 4.79 Å². The molecule has 0 bridgehead atoms. The molecule has 7 heteroatoms.